The summed E-state index contributed by atoms with van der Waals surface area (Å²) in [5.74, 6) is 0.367. The van der Waals surface area contributed by atoms with Crippen molar-refractivity contribution in [3.8, 4) is 0 Å². The first-order valence-corrected chi connectivity index (χ1v) is 8.68. The number of hydrogen-bond donors (Lipinski definition) is 2. The molecule has 7 heteroatoms. The fraction of sp³-hybridized carbons (Fsp3) is 0.917. The summed E-state index contributed by atoms with van der Waals surface area (Å²) in [7, 11) is -2.92. The van der Waals surface area contributed by atoms with Crippen molar-refractivity contribution in [2.75, 3.05) is 31.3 Å². The Kier molecular flexibility index (Phi) is 5.18. The van der Waals surface area contributed by atoms with E-state index in [2.05, 4.69) is 10.6 Å². The van der Waals surface area contributed by atoms with Crippen LogP contribution in [0.2, 0.25) is 0 Å². The highest BCUT2D eigenvalue weighted by molar-refractivity contribution is 7.91. The van der Waals surface area contributed by atoms with Crippen LogP contribution in [0.1, 0.15) is 25.7 Å². The van der Waals surface area contributed by atoms with Crippen LogP contribution in [-0.2, 0) is 19.4 Å². The average Bonchev–Trinajstić information content (AvgIpc) is 2.36. The van der Waals surface area contributed by atoms with Gasteiger partial charge in [0, 0.05) is 25.3 Å². The molecular weight excluding hydrogens is 268 g/mol. The van der Waals surface area contributed by atoms with Gasteiger partial charge in [0.2, 0.25) is 5.91 Å². The number of amides is 1. The first-order valence-electron chi connectivity index (χ1n) is 6.86. The Bertz CT molecular complexity index is 404. The van der Waals surface area contributed by atoms with Gasteiger partial charge < -0.3 is 15.4 Å². The van der Waals surface area contributed by atoms with Gasteiger partial charge in [-0.2, -0.15) is 0 Å². The summed E-state index contributed by atoms with van der Waals surface area (Å²) < 4.78 is 28.2. The van der Waals surface area contributed by atoms with Gasteiger partial charge in [0.05, 0.1) is 18.1 Å². The molecule has 110 valence electrons. The predicted octanol–water partition coefficient (Wildman–Crippen LogP) is -0.552. The highest BCUT2D eigenvalue weighted by atomic mass is 32.2. The molecule has 1 unspecified atom stereocenters. The second kappa shape index (κ2) is 6.67. The molecule has 0 aromatic carbocycles. The van der Waals surface area contributed by atoms with Gasteiger partial charge in [0.25, 0.3) is 0 Å². The fourth-order valence-corrected chi connectivity index (χ4v) is 4.21. The molecule has 0 saturated carbocycles. The summed E-state index contributed by atoms with van der Waals surface area (Å²) in [5, 5.41) is 5.99. The summed E-state index contributed by atoms with van der Waals surface area (Å²) >= 11 is 0. The molecule has 0 bridgehead atoms. The number of carbonyl (C=O) groups is 1. The predicted molar refractivity (Wildman–Crippen MR) is 71.7 cm³/mol. The van der Waals surface area contributed by atoms with E-state index in [-0.39, 0.29) is 36.0 Å². The average molecular weight is 290 g/mol. The van der Waals surface area contributed by atoms with Gasteiger partial charge in [-0.15, -0.1) is 0 Å². The molecule has 19 heavy (non-hydrogen) atoms. The van der Waals surface area contributed by atoms with Gasteiger partial charge in [-0.1, -0.05) is 0 Å². The monoisotopic (exact) mass is 290 g/mol. The van der Waals surface area contributed by atoms with Crippen LogP contribution in [-0.4, -0.2) is 57.7 Å². The third-order valence-corrected chi connectivity index (χ3v) is 5.42. The molecule has 2 rings (SSSR count). The zero-order valence-electron chi connectivity index (χ0n) is 11.1. The number of nitrogens with one attached hydrogen (secondary N) is 2. The minimum atomic E-state index is -2.92. The molecule has 2 saturated heterocycles. The molecule has 2 heterocycles. The number of carbonyl (C=O) groups excluding carboxylic acids is 1. The van der Waals surface area contributed by atoms with Crippen LogP contribution in [0.15, 0.2) is 0 Å². The van der Waals surface area contributed by atoms with E-state index in [1.165, 1.54) is 0 Å². The lowest BCUT2D eigenvalue weighted by Gasteiger charge is -2.25. The second-order valence-corrected chi connectivity index (χ2v) is 7.52. The van der Waals surface area contributed by atoms with Crippen LogP contribution in [0.25, 0.3) is 0 Å². The summed E-state index contributed by atoms with van der Waals surface area (Å²) in [4.78, 5) is 11.8. The molecule has 0 aromatic rings. The standard InChI is InChI=1S/C12H22N2O4S/c15-12(14-10-3-5-18-6-4-10)8-13-11-2-1-7-19(16,17)9-11/h10-11,13H,1-9H2,(H,14,15). The first-order chi connectivity index (χ1) is 9.05. The van der Waals surface area contributed by atoms with Crippen LogP contribution in [0.4, 0.5) is 0 Å². The van der Waals surface area contributed by atoms with Gasteiger partial charge in [-0.25, -0.2) is 8.42 Å². The number of ether oxygens (including phenoxy) is 1. The lowest BCUT2D eigenvalue weighted by atomic mass is 10.1. The van der Waals surface area contributed by atoms with Crippen LogP contribution in [0, 0.1) is 0 Å². The molecule has 0 spiro atoms. The second-order valence-electron chi connectivity index (χ2n) is 5.29. The molecule has 2 fully saturated rings. The Morgan fingerprint density at radius 2 is 1.89 bits per heavy atom. The Hall–Kier alpha value is -0.660. The summed E-state index contributed by atoms with van der Waals surface area (Å²) in [5.41, 5.74) is 0. The van der Waals surface area contributed by atoms with Crippen molar-refractivity contribution in [1.29, 1.82) is 0 Å². The van der Waals surface area contributed by atoms with Gasteiger partial charge in [-0.3, -0.25) is 4.79 Å². The van der Waals surface area contributed by atoms with Crippen LogP contribution >= 0.6 is 0 Å². The maximum Gasteiger partial charge on any atom is 0.234 e. The van der Waals surface area contributed by atoms with Crippen molar-refractivity contribution >= 4 is 15.7 Å². The topological polar surface area (TPSA) is 84.5 Å². The quantitative estimate of drug-likeness (QED) is 0.725. The summed E-state index contributed by atoms with van der Waals surface area (Å²) in [6, 6.07) is 0.109. The Labute approximate surface area is 114 Å². The molecule has 2 aliphatic heterocycles. The van der Waals surface area contributed by atoms with E-state index < -0.39 is 9.84 Å². The number of rotatable bonds is 4. The highest BCUT2D eigenvalue weighted by Gasteiger charge is 2.25. The van der Waals surface area contributed by atoms with E-state index in [9.17, 15) is 13.2 Å². The van der Waals surface area contributed by atoms with Crippen molar-refractivity contribution < 1.29 is 17.9 Å². The third kappa shape index (κ3) is 5.08. The zero-order chi connectivity index (χ0) is 13.7. The molecule has 2 aliphatic rings. The van der Waals surface area contributed by atoms with Crippen molar-refractivity contribution in [3.63, 3.8) is 0 Å². The maximum absolute atomic E-state index is 11.8. The molecule has 6 nitrogen and oxygen atoms in total. The van der Waals surface area contributed by atoms with E-state index in [4.69, 9.17) is 4.74 Å². The molecular formula is C12H22N2O4S. The van der Waals surface area contributed by atoms with Crippen LogP contribution in [0.5, 0.6) is 0 Å². The Morgan fingerprint density at radius 3 is 2.58 bits per heavy atom. The zero-order valence-corrected chi connectivity index (χ0v) is 11.9. The van der Waals surface area contributed by atoms with E-state index in [1.807, 2.05) is 0 Å². The molecule has 0 aliphatic carbocycles. The van der Waals surface area contributed by atoms with Crippen molar-refractivity contribution in [1.82, 2.24) is 10.6 Å². The highest BCUT2D eigenvalue weighted by Crippen LogP contribution is 2.11. The smallest absolute Gasteiger partial charge is 0.234 e. The number of hydrogen-bond acceptors (Lipinski definition) is 5. The third-order valence-electron chi connectivity index (χ3n) is 3.60. The Balaban J connectivity index is 1.68. The van der Waals surface area contributed by atoms with Crippen molar-refractivity contribution in [2.24, 2.45) is 0 Å². The summed E-state index contributed by atoms with van der Waals surface area (Å²) in [6.07, 6.45) is 3.21. The van der Waals surface area contributed by atoms with E-state index in [0.29, 0.717) is 19.6 Å². The van der Waals surface area contributed by atoms with Gasteiger partial charge in [0.1, 0.15) is 0 Å². The van der Waals surface area contributed by atoms with Gasteiger partial charge >= 0.3 is 0 Å². The number of sulfone groups is 1. The molecule has 1 amide bonds. The van der Waals surface area contributed by atoms with Crippen molar-refractivity contribution in [3.05, 3.63) is 0 Å². The lowest BCUT2D eigenvalue weighted by molar-refractivity contribution is -0.121. The summed E-state index contributed by atoms with van der Waals surface area (Å²) in [6.45, 7) is 1.58. The largest absolute Gasteiger partial charge is 0.381 e. The van der Waals surface area contributed by atoms with Gasteiger partial charge in [-0.05, 0) is 25.7 Å². The molecule has 0 radical (unpaired) electrons. The minimum Gasteiger partial charge on any atom is -0.381 e. The molecule has 0 aromatic heterocycles. The Morgan fingerprint density at radius 1 is 1.16 bits per heavy atom. The molecule has 1 atom stereocenters. The first kappa shape index (κ1) is 14.7. The van der Waals surface area contributed by atoms with E-state index >= 15 is 0 Å². The van der Waals surface area contributed by atoms with Crippen LogP contribution < -0.4 is 10.6 Å². The fourth-order valence-electron chi connectivity index (χ4n) is 2.54. The maximum atomic E-state index is 11.8. The van der Waals surface area contributed by atoms with Crippen molar-refractivity contribution in [2.45, 2.75) is 37.8 Å². The lowest BCUT2D eigenvalue weighted by Crippen LogP contribution is -2.47. The SMILES string of the molecule is O=C(CNC1CCCS(=O)(=O)C1)NC1CCOCC1. The van der Waals surface area contributed by atoms with Gasteiger partial charge in [0.15, 0.2) is 9.84 Å². The minimum absolute atomic E-state index is 0.0603. The van der Waals surface area contributed by atoms with E-state index in [0.717, 1.165) is 19.3 Å². The normalized spacial score (nSPS) is 27.9. The van der Waals surface area contributed by atoms with E-state index in [1.54, 1.807) is 0 Å². The van der Waals surface area contributed by atoms with Crippen LogP contribution in [0.3, 0.4) is 0 Å². The molecule has 2 N–H and O–H groups in total.